The van der Waals surface area contributed by atoms with Crippen LogP contribution in [-0.4, -0.2) is 67.5 Å². The number of sulfonamides is 1. The van der Waals surface area contributed by atoms with E-state index in [2.05, 4.69) is 12.2 Å². The Morgan fingerprint density at radius 3 is 2.38 bits per heavy atom. The van der Waals surface area contributed by atoms with Crippen molar-refractivity contribution < 1.29 is 13.2 Å². The number of hydrogen-bond donors (Lipinski definition) is 1. The van der Waals surface area contributed by atoms with E-state index in [-0.39, 0.29) is 29.2 Å². The van der Waals surface area contributed by atoms with Crippen molar-refractivity contribution in [3.8, 4) is 0 Å². The SMILES string of the molecule is CC(C)S(=O)(=O)N1CC[C@@H](N[C@@H]2CCN(C)C2=O)[C@H](C)C1. The lowest BCUT2D eigenvalue weighted by atomic mass is 9.94. The molecule has 3 atom stereocenters. The smallest absolute Gasteiger partial charge is 0.239 e. The Morgan fingerprint density at radius 2 is 1.90 bits per heavy atom. The minimum Gasteiger partial charge on any atom is -0.344 e. The molecule has 1 amide bonds. The predicted molar refractivity (Wildman–Crippen MR) is 82.4 cm³/mol. The van der Waals surface area contributed by atoms with Gasteiger partial charge >= 0.3 is 0 Å². The summed E-state index contributed by atoms with van der Waals surface area (Å²) in [4.78, 5) is 13.7. The first kappa shape index (κ1) is 16.7. The summed E-state index contributed by atoms with van der Waals surface area (Å²) < 4.78 is 26.0. The van der Waals surface area contributed by atoms with E-state index in [4.69, 9.17) is 0 Å². The molecule has 0 aromatic carbocycles. The third-order valence-corrected chi connectivity index (χ3v) is 6.91. The van der Waals surface area contributed by atoms with Crippen molar-refractivity contribution >= 4 is 15.9 Å². The number of amides is 1. The molecular weight excluding hydrogens is 290 g/mol. The van der Waals surface area contributed by atoms with Gasteiger partial charge in [-0.2, -0.15) is 0 Å². The maximum absolute atomic E-state index is 12.2. The van der Waals surface area contributed by atoms with Crippen molar-refractivity contribution in [2.24, 2.45) is 5.92 Å². The molecule has 6 nitrogen and oxygen atoms in total. The molecule has 7 heteroatoms. The quantitative estimate of drug-likeness (QED) is 0.807. The third kappa shape index (κ3) is 3.40. The second kappa shape index (κ2) is 6.22. The second-order valence-electron chi connectivity index (χ2n) is 6.59. The Hall–Kier alpha value is -0.660. The summed E-state index contributed by atoms with van der Waals surface area (Å²) in [6.45, 7) is 7.37. The molecule has 0 aromatic heterocycles. The van der Waals surface area contributed by atoms with Gasteiger partial charge in [0.15, 0.2) is 0 Å². The summed E-state index contributed by atoms with van der Waals surface area (Å²) in [5.74, 6) is 0.366. The Balaban J connectivity index is 1.94. The van der Waals surface area contributed by atoms with Crippen LogP contribution in [0.2, 0.25) is 0 Å². The van der Waals surface area contributed by atoms with Crippen LogP contribution in [0.15, 0.2) is 0 Å². The summed E-state index contributed by atoms with van der Waals surface area (Å²) in [7, 11) is -1.35. The van der Waals surface area contributed by atoms with Gasteiger partial charge in [-0.05, 0) is 32.6 Å². The molecule has 0 radical (unpaired) electrons. The van der Waals surface area contributed by atoms with Gasteiger partial charge in [-0.15, -0.1) is 0 Å². The highest BCUT2D eigenvalue weighted by Gasteiger charge is 2.37. The monoisotopic (exact) mass is 317 g/mol. The maximum atomic E-state index is 12.2. The second-order valence-corrected chi connectivity index (χ2v) is 9.08. The van der Waals surface area contributed by atoms with Gasteiger partial charge in [0.25, 0.3) is 0 Å². The van der Waals surface area contributed by atoms with Crippen LogP contribution < -0.4 is 5.32 Å². The van der Waals surface area contributed by atoms with Crippen LogP contribution >= 0.6 is 0 Å². The number of hydrogen-bond acceptors (Lipinski definition) is 4. The average molecular weight is 317 g/mol. The molecule has 2 fully saturated rings. The zero-order valence-corrected chi connectivity index (χ0v) is 14.2. The Labute approximate surface area is 127 Å². The normalized spacial score (nSPS) is 32.1. The molecule has 0 bridgehead atoms. The van der Waals surface area contributed by atoms with Crippen LogP contribution in [0.5, 0.6) is 0 Å². The first-order valence-electron chi connectivity index (χ1n) is 7.73. The molecule has 1 N–H and O–H groups in total. The van der Waals surface area contributed by atoms with E-state index >= 15 is 0 Å². The fourth-order valence-corrected chi connectivity index (χ4v) is 4.52. The van der Waals surface area contributed by atoms with Gasteiger partial charge in [-0.25, -0.2) is 12.7 Å². The molecule has 2 aliphatic rings. The lowest BCUT2D eigenvalue weighted by molar-refractivity contribution is -0.128. The first-order valence-corrected chi connectivity index (χ1v) is 9.23. The number of nitrogens with one attached hydrogen (secondary N) is 1. The van der Waals surface area contributed by atoms with Crippen LogP contribution in [0.25, 0.3) is 0 Å². The zero-order chi connectivity index (χ0) is 15.8. The van der Waals surface area contributed by atoms with Crippen molar-refractivity contribution in [2.75, 3.05) is 26.7 Å². The minimum absolute atomic E-state index is 0.101. The number of carbonyl (C=O) groups is 1. The number of likely N-dealkylation sites (N-methyl/N-ethyl adjacent to an activating group) is 1. The van der Waals surface area contributed by atoms with Crippen LogP contribution in [0.4, 0.5) is 0 Å². The highest BCUT2D eigenvalue weighted by molar-refractivity contribution is 7.89. The Kier molecular flexibility index (Phi) is 4.95. The van der Waals surface area contributed by atoms with Crippen molar-refractivity contribution in [3.63, 3.8) is 0 Å². The number of rotatable bonds is 4. The number of nitrogens with zero attached hydrogens (tertiary/aromatic N) is 2. The molecule has 0 spiro atoms. The third-order valence-electron chi connectivity index (χ3n) is 4.67. The van der Waals surface area contributed by atoms with E-state index in [1.807, 2.05) is 7.05 Å². The molecule has 0 aromatic rings. The fourth-order valence-electron chi connectivity index (χ4n) is 3.12. The summed E-state index contributed by atoms with van der Waals surface area (Å²) in [5.41, 5.74) is 0. The highest BCUT2D eigenvalue weighted by atomic mass is 32.2. The maximum Gasteiger partial charge on any atom is 0.239 e. The number of likely N-dealkylation sites (tertiary alicyclic amines) is 1. The Morgan fingerprint density at radius 1 is 1.24 bits per heavy atom. The van der Waals surface area contributed by atoms with Crippen LogP contribution in [-0.2, 0) is 14.8 Å². The van der Waals surface area contributed by atoms with Gasteiger partial charge in [-0.1, -0.05) is 6.92 Å². The average Bonchev–Trinajstić information content (AvgIpc) is 2.72. The summed E-state index contributed by atoms with van der Waals surface area (Å²) >= 11 is 0. The lowest BCUT2D eigenvalue weighted by Gasteiger charge is -2.38. The van der Waals surface area contributed by atoms with E-state index in [1.165, 1.54) is 0 Å². The predicted octanol–water partition coefficient (Wildman–Crippen LogP) is 0.255. The topological polar surface area (TPSA) is 69.7 Å². The van der Waals surface area contributed by atoms with Gasteiger partial charge in [0.1, 0.15) is 0 Å². The summed E-state index contributed by atoms with van der Waals surface area (Å²) in [6.07, 6.45) is 1.60. The Bertz CT molecular complexity index is 492. The van der Waals surface area contributed by atoms with Crippen LogP contribution in [0.1, 0.15) is 33.6 Å². The molecule has 2 heterocycles. The highest BCUT2D eigenvalue weighted by Crippen LogP contribution is 2.23. The van der Waals surface area contributed by atoms with Crippen LogP contribution in [0.3, 0.4) is 0 Å². The zero-order valence-electron chi connectivity index (χ0n) is 13.4. The van der Waals surface area contributed by atoms with Crippen molar-refractivity contribution in [2.45, 2.75) is 50.9 Å². The van der Waals surface area contributed by atoms with E-state index in [9.17, 15) is 13.2 Å². The molecule has 21 heavy (non-hydrogen) atoms. The molecule has 0 aliphatic carbocycles. The molecule has 2 rings (SSSR count). The van der Waals surface area contributed by atoms with Gasteiger partial charge in [-0.3, -0.25) is 4.79 Å². The molecule has 2 saturated heterocycles. The fraction of sp³-hybridized carbons (Fsp3) is 0.929. The van der Waals surface area contributed by atoms with E-state index in [0.29, 0.717) is 13.1 Å². The number of piperidine rings is 1. The summed E-state index contributed by atoms with van der Waals surface area (Å²) in [5, 5.41) is 3.06. The lowest BCUT2D eigenvalue weighted by Crippen LogP contribution is -2.54. The van der Waals surface area contributed by atoms with Gasteiger partial charge in [0.2, 0.25) is 15.9 Å². The van der Waals surface area contributed by atoms with E-state index in [1.54, 1.807) is 23.1 Å². The van der Waals surface area contributed by atoms with Crippen molar-refractivity contribution in [3.05, 3.63) is 0 Å². The standard InChI is InChI=1S/C14H27N3O3S/c1-10(2)21(19,20)17-8-6-12(11(3)9-17)15-13-5-7-16(4)14(13)18/h10-13,15H,5-9H2,1-4H3/t11-,12-,13-/m1/s1. The largest absolute Gasteiger partial charge is 0.344 e. The minimum atomic E-state index is -3.17. The molecule has 0 saturated carbocycles. The molecular formula is C14H27N3O3S. The molecule has 122 valence electrons. The van der Waals surface area contributed by atoms with Gasteiger partial charge in [0.05, 0.1) is 11.3 Å². The van der Waals surface area contributed by atoms with E-state index < -0.39 is 10.0 Å². The van der Waals surface area contributed by atoms with Crippen molar-refractivity contribution in [1.82, 2.24) is 14.5 Å². The van der Waals surface area contributed by atoms with E-state index in [0.717, 1.165) is 19.4 Å². The first-order chi connectivity index (χ1) is 9.73. The molecule has 0 unspecified atom stereocenters. The van der Waals surface area contributed by atoms with Gasteiger partial charge in [0, 0.05) is 32.7 Å². The van der Waals surface area contributed by atoms with Crippen LogP contribution in [0, 0.1) is 5.92 Å². The van der Waals surface area contributed by atoms with Crippen molar-refractivity contribution in [1.29, 1.82) is 0 Å². The molecule has 2 aliphatic heterocycles. The summed E-state index contributed by atoms with van der Waals surface area (Å²) in [6, 6.07) is 0.111. The number of carbonyl (C=O) groups excluding carboxylic acids is 1. The van der Waals surface area contributed by atoms with Gasteiger partial charge < -0.3 is 10.2 Å².